The van der Waals surface area contributed by atoms with Gasteiger partial charge in [0.15, 0.2) is 0 Å². The van der Waals surface area contributed by atoms with Crippen LogP contribution in [-0.2, 0) is 0 Å². The van der Waals surface area contributed by atoms with Crippen molar-refractivity contribution < 1.29 is 5.11 Å². The van der Waals surface area contributed by atoms with Crippen molar-refractivity contribution in [2.75, 3.05) is 6.54 Å². The van der Waals surface area contributed by atoms with Crippen LogP contribution in [0, 0.1) is 11.8 Å². The van der Waals surface area contributed by atoms with E-state index in [1.165, 1.54) is 19.3 Å². The third-order valence-corrected chi connectivity index (χ3v) is 4.53. The molecule has 0 aliphatic heterocycles. The van der Waals surface area contributed by atoms with E-state index in [0.29, 0.717) is 6.04 Å². The summed E-state index contributed by atoms with van der Waals surface area (Å²) in [6.45, 7) is 9.56. The van der Waals surface area contributed by atoms with Crippen LogP contribution in [0.15, 0.2) is 0 Å². The van der Waals surface area contributed by atoms with Gasteiger partial charge in [-0.05, 0) is 37.5 Å². The van der Waals surface area contributed by atoms with Gasteiger partial charge in [0.1, 0.15) is 0 Å². The van der Waals surface area contributed by atoms with Crippen LogP contribution < -0.4 is 5.32 Å². The summed E-state index contributed by atoms with van der Waals surface area (Å²) in [6, 6.07) is 0.596. The van der Waals surface area contributed by atoms with E-state index in [1.54, 1.807) is 0 Å². The highest BCUT2D eigenvalue weighted by atomic mass is 16.3. The molecule has 2 nitrogen and oxygen atoms in total. The second kappa shape index (κ2) is 6.02. The fourth-order valence-electron chi connectivity index (χ4n) is 2.89. The zero-order valence-electron chi connectivity index (χ0n) is 11.4. The Morgan fingerprint density at radius 2 is 1.62 bits per heavy atom. The molecule has 1 aliphatic rings. The molecule has 0 spiro atoms. The fourth-order valence-corrected chi connectivity index (χ4v) is 2.89. The average Bonchev–Trinajstić information content (AvgIpc) is 2.28. The smallest absolute Gasteiger partial charge is 0.0766 e. The monoisotopic (exact) mass is 227 g/mol. The summed E-state index contributed by atoms with van der Waals surface area (Å²) in [7, 11) is 0. The minimum absolute atomic E-state index is 0.503. The van der Waals surface area contributed by atoms with E-state index in [4.69, 9.17) is 0 Å². The molecule has 1 aliphatic carbocycles. The number of hydrogen-bond donors (Lipinski definition) is 2. The molecule has 0 radical (unpaired) electrons. The predicted octanol–water partition coefficient (Wildman–Crippen LogP) is 2.95. The summed E-state index contributed by atoms with van der Waals surface area (Å²) in [5.41, 5.74) is -0.503. The Balaban J connectivity index is 2.46. The summed E-state index contributed by atoms with van der Waals surface area (Å²) in [4.78, 5) is 0. The maximum Gasteiger partial charge on any atom is 0.0766 e. The zero-order chi connectivity index (χ0) is 12.2. The number of rotatable bonds is 5. The highest BCUT2D eigenvalue weighted by Gasteiger charge is 2.30. The predicted molar refractivity (Wildman–Crippen MR) is 69.5 cm³/mol. The SMILES string of the molecule is CCC(O)(CC)CNC1C(C)CCCC1C. The van der Waals surface area contributed by atoms with E-state index in [2.05, 4.69) is 33.0 Å². The van der Waals surface area contributed by atoms with Crippen LogP contribution in [-0.4, -0.2) is 23.3 Å². The van der Waals surface area contributed by atoms with Gasteiger partial charge >= 0.3 is 0 Å². The maximum absolute atomic E-state index is 10.3. The third-order valence-electron chi connectivity index (χ3n) is 4.53. The van der Waals surface area contributed by atoms with Gasteiger partial charge < -0.3 is 10.4 Å². The van der Waals surface area contributed by atoms with Crippen LogP contribution in [0.25, 0.3) is 0 Å². The van der Waals surface area contributed by atoms with Crippen molar-refractivity contribution in [1.29, 1.82) is 0 Å². The molecule has 2 heteroatoms. The van der Waals surface area contributed by atoms with Crippen molar-refractivity contribution >= 4 is 0 Å². The van der Waals surface area contributed by atoms with Crippen molar-refractivity contribution in [3.05, 3.63) is 0 Å². The van der Waals surface area contributed by atoms with Gasteiger partial charge in [-0.15, -0.1) is 0 Å². The molecule has 1 saturated carbocycles. The summed E-state index contributed by atoms with van der Waals surface area (Å²) in [5.74, 6) is 1.50. The minimum Gasteiger partial charge on any atom is -0.389 e. The molecule has 2 N–H and O–H groups in total. The molecule has 1 rings (SSSR count). The van der Waals surface area contributed by atoms with Crippen LogP contribution in [0.4, 0.5) is 0 Å². The zero-order valence-corrected chi connectivity index (χ0v) is 11.4. The summed E-state index contributed by atoms with van der Waals surface area (Å²) in [5, 5.41) is 13.9. The van der Waals surface area contributed by atoms with Crippen molar-refractivity contribution in [3.63, 3.8) is 0 Å². The lowest BCUT2D eigenvalue weighted by atomic mass is 9.78. The maximum atomic E-state index is 10.3. The molecular weight excluding hydrogens is 198 g/mol. The Morgan fingerprint density at radius 3 is 2.06 bits per heavy atom. The van der Waals surface area contributed by atoms with Crippen LogP contribution >= 0.6 is 0 Å². The largest absolute Gasteiger partial charge is 0.389 e. The normalized spacial score (nSPS) is 31.7. The van der Waals surface area contributed by atoms with Crippen LogP contribution in [0.2, 0.25) is 0 Å². The topological polar surface area (TPSA) is 32.3 Å². The van der Waals surface area contributed by atoms with Crippen molar-refractivity contribution in [3.8, 4) is 0 Å². The molecule has 0 heterocycles. The molecule has 0 saturated heterocycles. The van der Waals surface area contributed by atoms with Crippen LogP contribution in [0.3, 0.4) is 0 Å². The number of aliphatic hydroxyl groups is 1. The first-order chi connectivity index (χ1) is 7.52. The van der Waals surface area contributed by atoms with E-state index in [9.17, 15) is 5.11 Å². The average molecular weight is 227 g/mol. The molecule has 16 heavy (non-hydrogen) atoms. The van der Waals surface area contributed by atoms with Gasteiger partial charge in [-0.1, -0.05) is 34.1 Å². The second-order valence-corrected chi connectivity index (χ2v) is 5.72. The fraction of sp³-hybridized carbons (Fsp3) is 1.00. The Hall–Kier alpha value is -0.0800. The molecule has 1 fully saturated rings. The lowest BCUT2D eigenvalue weighted by Crippen LogP contribution is -2.49. The van der Waals surface area contributed by atoms with Gasteiger partial charge in [-0.2, -0.15) is 0 Å². The minimum atomic E-state index is -0.503. The summed E-state index contributed by atoms with van der Waals surface area (Å²) in [6.07, 6.45) is 5.71. The third kappa shape index (κ3) is 3.46. The first-order valence-electron chi connectivity index (χ1n) is 6.98. The molecular formula is C14H29NO. The second-order valence-electron chi connectivity index (χ2n) is 5.72. The summed E-state index contributed by atoms with van der Waals surface area (Å²) >= 11 is 0. The quantitative estimate of drug-likeness (QED) is 0.757. The lowest BCUT2D eigenvalue weighted by Gasteiger charge is -2.38. The van der Waals surface area contributed by atoms with Gasteiger partial charge in [0, 0.05) is 12.6 Å². The van der Waals surface area contributed by atoms with Crippen LogP contribution in [0.1, 0.15) is 59.8 Å². The molecule has 0 aromatic carbocycles. The highest BCUT2D eigenvalue weighted by Crippen LogP contribution is 2.29. The Morgan fingerprint density at radius 1 is 1.12 bits per heavy atom. The standard InChI is InChI=1S/C14H29NO/c1-5-14(16,6-2)10-15-13-11(3)8-7-9-12(13)4/h11-13,15-16H,5-10H2,1-4H3. The van der Waals surface area contributed by atoms with Gasteiger partial charge in [0.25, 0.3) is 0 Å². The lowest BCUT2D eigenvalue weighted by molar-refractivity contribution is 0.0233. The van der Waals surface area contributed by atoms with Crippen molar-refractivity contribution in [2.24, 2.45) is 11.8 Å². The van der Waals surface area contributed by atoms with E-state index in [0.717, 1.165) is 31.2 Å². The number of nitrogens with one attached hydrogen (secondary N) is 1. The first kappa shape index (κ1) is 14.0. The molecule has 0 bridgehead atoms. The van der Waals surface area contributed by atoms with Gasteiger partial charge in [0.2, 0.25) is 0 Å². The molecule has 0 aromatic heterocycles. The first-order valence-corrected chi connectivity index (χ1v) is 6.98. The van der Waals surface area contributed by atoms with Gasteiger partial charge in [-0.25, -0.2) is 0 Å². The molecule has 96 valence electrons. The number of hydrogen-bond acceptors (Lipinski definition) is 2. The van der Waals surface area contributed by atoms with Gasteiger partial charge in [0.05, 0.1) is 5.60 Å². The Bertz CT molecular complexity index is 191. The Labute approximate surface area is 101 Å². The molecule has 2 atom stereocenters. The van der Waals surface area contributed by atoms with Crippen molar-refractivity contribution in [2.45, 2.75) is 71.4 Å². The van der Waals surface area contributed by atoms with Crippen LogP contribution in [0.5, 0.6) is 0 Å². The van der Waals surface area contributed by atoms with E-state index in [-0.39, 0.29) is 0 Å². The molecule has 0 amide bonds. The van der Waals surface area contributed by atoms with E-state index >= 15 is 0 Å². The molecule has 0 aromatic rings. The summed E-state index contributed by atoms with van der Waals surface area (Å²) < 4.78 is 0. The highest BCUT2D eigenvalue weighted by molar-refractivity contribution is 4.87. The van der Waals surface area contributed by atoms with Gasteiger partial charge in [-0.3, -0.25) is 0 Å². The molecule has 2 unspecified atom stereocenters. The van der Waals surface area contributed by atoms with E-state index < -0.39 is 5.60 Å². The van der Waals surface area contributed by atoms with E-state index in [1.807, 2.05) is 0 Å². The Kier molecular flexibility index (Phi) is 5.26. The van der Waals surface area contributed by atoms with Crippen molar-refractivity contribution in [1.82, 2.24) is 5.32 Å².